The summed E-state index contributed by atoms with van der Waals surface area (Å²) in [4.78, 5) is 12.9. The smallest absolute Gasteiger partial charge is 0.255 e. The Bertz CT molecular complexity index is 1030. The Kier molecular flexibility index (Phi) is 6.95. The standard InChI is InChI=1S/C23H31N3O3S/c1-15-6-5-7-21(17(15)3)23(27)25-22-9-8-20(14-16(22)2)30(28,29)26-18(4)19-10-12-24-13-11-19/h5-9,14,18-19,24,26H,10-13H2,1-4H3,(H,25,27). The quantitative estimate of drug-likeness (QED) is 0.656. The lowest BCUT2D eigenvalue weighted by molar-refractivity contribution is 0.102. The highest BCUT2D eigenvalue weighted by atomic mass is 32.2. The van der Waals surface area contributed by atoms with E-state index in [1.54, 1.807) is 31.2 Å². The summed E-state index contributed by atoms with van der Waals surface area (Å²) in [6.45, 7) is 9.46. The zero-order valence-corrected chi connectivity index (χ0v) is 18.9. The summed E-state index contributed by atoms with van der Waals surface area (Å²) in [5.74, 6) is 0.130. The second-order valence-electron chi connectivity index (χ2n) is 8.18. The maximum Gasteiger partial charge on any atom is 0.255 e. The number of carbonyl (C=O) groups is 1. The third-order valence-corrected chi connectivity index (χ3v) is 7.59. The Labute approximate surface area is 179 Å². The van der Waals surface area contributed by atoms with Crippen molar-refractivity contribution in [1.29, 1.82) is 0 Å². The lowest BCUT2D eigenvalue weighted by atomic mass is 9.92. The van der Waals surface area contributed by atoms with E-state index < -0.39 is 10.0 Å². The van der Waals surface area contributed by atoms with E-state index in [-0.39, 0.29) is 16.8 Å². The molecule has 0 bridgehead atoms. The number of piperidine rings is 1. The number of anilines is 1. The summed E-state index contributed by atoms with van der Waals surface area (Å²) in [5.41, 5.74) is 3.90. The maximum absolute atomic E-state index is 12.9. The highest BCUT2D eigenvalue weighted by Crippen LogP contribution is 2.23. The Balaban J connectivity index is 1.74. The number of benzene rings is 2. The summed E-state index contributed by atoms with van der Waals surface area (Å²) >= 11 is 0. The first-order valence-electron chi connectivity index (χ1n) is 10.4. The van der Waals surface area contributed by atoms with Crippen molar-refractivity contribution in [2.45, 2.75) is 51.5 Å². The van der Waals surface area contributed by atoms with Gasteiger partial charge in [0.15, 0.2) is 0 Å². The molecule has 0 aliphatic carbocycles. The molecule has 1 saturated heterocycles. The van der Waals surface area contributed by atoms with E-state index in [0.29, 0.717) is 22.7 Å². The van der Waals surface area contributed by atoms with Crippen molar-refractivity contribution < 1.29 is 13.2 Å². The number of amides is 1. The number of aryl methyl sites for hydroxylation is 2. The molecule has 6 nitrogen and oxygen atoms in total. The molecule has 1 atom stereocenters. The average molecular weight is 430 g/mol. The van der Waals surface area contributed by atoms with Crippen molar-refractivity contribution in [3.63, 3.8) is 0 Å². The fourth-order valence-electron chi connectivity index (χ4n) is 3.88. The summed E-state index contributed by atoms with van der Waals surface area (Å²) in [7, 11) is -3.62. The van der Waals surface area contributed by atoms with Gasteiger partial charge < -0.3 is 10.6 Å². The van der Waals surface area contributed by atoms with Crippen LogP contribution in [0.2, 0.25) is 0 Å². The van der Waals surface area contributed by atoms with Gasteiger partial charge in [-0.15, -0.1) is 0 Å². The van der Waals surface area contributed by atoms with Gasteiger partial charge in [-0.1, -0.05) is 12.1 Å². The number of hydrogen-bond acceptors (Lipinski definition) is 4. The number of carbonyl (C=O) groups excluding carboxylic acids is 1. The second kappa shape index (κ2) is 9.29. The molecule has 0 aromatic heterocycles. The van der Waals surface area contributed by atoms with Crippen LogP contribution in [0.3, 0.4) is 0 Å². The van der Waals surface area contributed by atoms with Crippen molar-refractivity contribution in [3.8, 4) is 0 Å². The van der Waals surface area contributed by atoms with Gasteiger partial charge in [0.1, 0.15) is 0 Å². The van der Waals surface area contributed by atoms with Gasteiger partial charge in [0.05, 0.1) is 4.90 Å². The van der Waals surface area contributed by atoms with Crippen molar-refractivity contribution in [3.05, 3.63) is 58.7 Å². The number of sulfonamides is 1. The van der Waals surface area contributed by atoms with Crippen LogP contribution in [0.5, 0.6) is 0 Å². The molecule has 3 N–H and O–H groups in total. The van der Waals surface area contributed by atoms with E-state index in [2.05, 4.69) is 15.4 Å². The van der Waals surface area contributed by atoms with Gasteiger partial charge >= 0.3 is 0 Å². The monoisotopic (exact) mass is 429 g/mol. The second-order valence-corrected chi connectivity index (χ2v) is 9.89. The molecule has 3 rings (SSSR count). The molecule has 1 fully saturated rings. The SMILES string of the molecule is Cc1cc(S(=O)(=O)NC(C)C2CCNCC2)ccc1NC(=O)c1cccc(C)c1C. The molecular formula is C23H31N3O3S. The fourth-order valence-corrected chi connectivity index (χ4v) is 5.28. The minimum atomic E-state index is -3.62. The Morgan fingerprint density at radius 2 is 1.77 bits per heavy atom. The van der Waals surface area contributed by atoms with Crippen LogP contribution in [-0.4, -0.2) is 33.5 Å². The van der Waals surface area contributed by atoms with E-state index in [0.717, 1.165) is 37.1 Å². The van der Waals surface area contributed by atoms with Crippen LogP contribution < -0.4 is 15.4 Å². The van der Waals surface area contributed by atoms with Gasteiger partial charge in [0.25, 0.3) is 5.91 Å². The topological polar surface area (TPSA) is 87.3 Å². The summed E-state index contributed by atoms with van der Waals surface area (Å²) in [6.07, 6.45) is 1.93. The first kappa shape index (κ1) is 22.5. The molecule has 1 aliphatic rings. The molecule has 0 saturated carbocycles. The predicted octanol–water partition coefficient (Wildman–Crippen LogP) is 3.53. The largest absolute Gasteiger partial charge is 0.322 e. The lowest BCUT2D eigenvalue weighted by Crippen LogP contribution is -2.42. The number of nitrogens with one attached hydrogen (secondary N) is 3. The molecule has 0 radical (unpaired) electrons. The summed E-state index contributed by atoms with van der Waals surface area (Å²) in [6, 6.07) is 10.3. The van der Waals surface area contributed by atoms with Crippen LogP contribution in [0.1, 0.15) is 46.8 Å². The van der Waals surface area contributed by atoms with Gasteiger partial charge in [-0.05, 0) is 100 Å². The Morgan fingerprint density at radius 3 is 2.43 bits per heavy atom. The minimum Gasteiger partial charge on any atom is -0.322 e. The first-order chi connectivity index (χ1) is 14.2. The molecular weight excluding hydrogens is 398 g/mol. The van der Waals surface area contributed by atoms with E-state index in [1.165, 1.54) is 0 Å². The molecule has 2 aromatic carbocycles. The van der Waals surface area contributed by atoms with Crippen LogP contribution in [0.25, 0.3) is 0 Å². The highest BCUT2D eigenvalue weighted by Gasteiger charge is 2.25. The predicted molar refractivity (Wildman–Crippen MR) is 120 cm³/mol. The van der Waals surface area contributed by atoms with Crippen molar-refractivity contribution in [1.82, 2.24) is 10.0 Å². The third-order valence-electron chi connectivity index (χ3n) is 6.04. The molecule has 1 amide bonds. The highest BCUT2D eigenvalue weighted by molar-refractivity contribution is 7.89. The van der Waals surface area contributed by atoms with Gasteiger partial charge in [0, 0.05) is 17.3 Å². The molecule has 2 aromatic rings. The van der Waals surface area contributed by atoms with Crippen LogP contribution in [0, 0.1) is 26.7 Å². The lowest BCUT2D eigenvalue weighted by Gasteiger charge is -2.28. The molecule has 7 heteroatoms. The van der Waals surface area contributed by atoms with E-state index in [4.69, 9.17) is 0 Å². The van der Waals surface area contributed by atoms with Crippen LogP contribution in [-0.2, 0) is 10.0 Å². The van der Waals surface area contributed by atoms with E-state index in [1.807, 2.05) is 32.9 Å². The summed E-state index contributed by atoms with van der Waals surface area (Å²) < 4.78 is 28.5. The number of hydrogen-bond donors (Lipinski definition) is 3. The van der Waals surface area contributed by atoms with E-state index >= 15 is 0 Å². The van der Waals surface area contributed by atoms with Crippen molar-refractivity contribution >= 4 is 21.6 Å². The van der Waals surface area contributed by atoms with Crippen LogP contribution in [0.4, 0.5) is 5.69 Å². The van der Waals surface area contributed by atoms with Gasteiger partial charge in [-0.2, -0.15) is 0 Å². The first-order valence-corrected chi connectivity index (χ1v) is 11.9. The van der Waals surface area contributed by atoms with Crippen LogP contribution in [0.15, 0.2) is 41.3 Å². The Hall–Kier alpha value is -2.22. The summed E-state index contributed by atoms with van der Waals surface area (Å²) in [5, 5.41) is 6.20. The third kappa shape index (κ3) is 5.09. The van der Waals surface area contributed by atoms with Crippen molar-refractivity contribution in [2.24, 2.45) is 5.92 Å². The van der Waals surface area contributed by atoms with Gasteiger partial charge in [0.2, 0.25) is 10.0 Å². The fraction of sp³-hybridized carbons (Fsp3) is 0.435. The molecule has 1 unspecified atom stereocenters. The number of rotatable bonds is 6. The van der Waals surface area contributed by atoms with E-state index in [9.17, 15) is 13.2 Å². The molecule has 1 aliphatic heterocycles. The minimum absolute atomic E-state index is 0.124. The van der Waals surface area contributed by atoms with Gasteiger partial charge in [-0.25, -0.2) is 13.1 Å². The maximum atomic E-state index is 12.9. The zero-order chi connectivity index (χ0) is 21.9. The van der Waals surface area contributed by atoms with Crippen molar-refractivity contribution in [2.75, 3.05) is 18.4 Å². The molecule has 1 heterocycles. The average Bonchev–Trinajstić information content (AvgIpc) is 2.71. The molecule has 162 valence electrons. The molecule has 0 spiro atoms. The molecule has 30 heavy (non-hydrogen) atoms. The van der Waals surface area contributed by atoms with Crippen LogP contribution >= 0.6 is 0 Å². The normalized spacial score (nSPS) is 16.3. The Morgan fingerprint density at radius 1 is 1.07 bits per heavy atom. The van der Waals surface area contributed by atoms with Gasteiger partial charge in [-0.3, -0.25) is 4.79 Å². The zero-order valence-electron chi connectivity index (χ0n) is 18.1.